The lowest BCUT2D eigenvalue weighted by atomic mass is 9.86. The summed E-state index contributed by atoms with van der Waals surface area (Å²) in [5.74, 6) is 0.185. The second-order valence-electron chi connectivity index (χ2n) is 5.18. The van der Waals surface area contributed by atoms with Gasteiger partial charge in [0.05, 0.1) is 18.7 Å². The minimum atomic E-state index is -0.791. The van der Waals surface area contributed by atoms with Crippen molar-refractivity contribution in [1.29, 1.82) is 5.26 Å². The molecule has 0 aromatic heterocycles. The van der Waals surface area contributed by atoms with E-state index in [-0.39, 0.29) is 11.9 Å². The molecule has 1 atom stereocenters. The Morgan fingerprint density at radius 3 is 2.47 bits per heavy atom. The topological polar surface area (TPSA) is 62.1 Å². The van der Waals surface area contributed by atoms with Crippen molar-refractivity contribution in [2.24, 2.45) is 11.3 Å². The van der Waals surface area contributed by atoms with Crippen LogP contribution in [0.25, 0.3) is 0 Å². The number of nitriles is 1. The number of nitrogens with zero attached hydrogens (tertiary/aromatic N) is 1. The van der Waals surface area contributed by atoms with Crippen LogP contribution in [0, 0.1) is 22.7 Å². The zero-order valence-corrected chi connectivity index (χ0v) is 11.0. The first-order valence-corrected chi connectivity index (χ1v) is 6.27. The highest BCUT2D eigenvalue weighted by Crippen LogP contribution is 2.37. The lowest BCUT2D eigenvalue weighted by molar-refractivity contribution is -0.129. The molecule has 4 heteroatoms. The standard InChI is InChI=1S/C13H22N2O2/c1-10(2)11(8-17-3)15-12(16)13(9-14)6-4-5-7-13/h10-11H,4-8H2,1-3H3,(H,15,16). The Morgan fingerprint density at radius 2 is 2.06 bits per heavy atom. The van der Waals surface area contributed by atoms with Gasteiger partial charge in [0.25, 0.3) is 0 Å². The van der Waals surface area contributed by atoms with Crippen LogP contribution in [-0.2, 0) is 9.53 Å². The smallest absolute Gasteiger partial charge is 0.240 e. The van der Waals surface area contributed by atoms with Gasteiger partial charge in [0.1, 0.15) is 5.41 Å². The minimum absolute atomic E-state index is 0.0154. The summed E-state index contributed by atoms with van der Waals surface area (Å²) in [5.41, 5.74) is -0.791. The maximum atomic E-state index is 12.2. The van der Waals surface area contributed by atoms with E-state index in [4.69, 9.17) is 4.74 Å². The van der Waals surface area contributed by atoms with Crippen LogP contribution in [0.2, 0.25) is 0 Å². The maximum absolute atomic E-state index is 12.2. The van der Waals surface area contributed by atoms with Crippen molar-refractivity contribution in [2.75, 3.05) is 13.7 Å². The maximum Gasteiger partial charge on any atom is 0.240 e. The van der Waals surface area contributed by atoms with Gasteiger partial charge in [0, 0.05) is 7.11 Å². The molecular weight excluding hydrogens is 216 g/mol. The van der Waals surface area contributed by atoms with Gasteiger partial charge in [-0.1, -0.05) is 26.7 Å². The molecule has 0 spiro atoms. The van der Waals surface area contributed by atoms with Crippen molar-refractivity contribution in [3.63, 3.8) is 0 Å². The SMILES string of the molecule is COCC(NC(=O)C1(C#N)CCCC1)C(C)C. The summed E-state index contributed by atoms with van der Waals surface area (Å²) in [6.45, 7) is 4.57. The molecule has 1 rings (SSSR count). The van der Waals surface area contributed by atoms with Crippen LogP contribution >= 0.6 is 0 Å². The number of rotatable bonds is 5. The fourth-order valence-corrected chi connectivity index (χ4v) is 2.26. The molecule has 0 radical (unpaired) electrons. The minimum Gasteiger partial charge on any atom is -0.383 e. The van der Waals surface area contributed by atoms with E-state index in [1.165, 1.54) is 0 Å². The van der Waals surface area contributed by atoms with Crippen LogP contribution in [0.3, 0.4) is 0 Å². The number of hydrogen-bond acceptors (Lipinski definition) is 3. The molecule has 0 heterocycles. The number of ether oxygens (including phenoxy) is 1. The van der Waals surface area contributed by atoms with Gasteiger partial charge in [-0.05, 0) is 18.8 Å². The normalized spacial score (nSPS) is 19.9. The molecule has 0 saturated heterocycles. The number of amides is 1. The van der Waals surface area contributed by atoms with E-state index in [9.17, 15) is 10.1 Å². The van der Waals surface area contributed by atoms with E-state index in [0.29, 0.717) is 25.4 Å². The van der Waals surface area contributed by atoms with Crippen molar-refractivity contribution in [3.05, 3.63) is 0 Å². The molecule has 1 amide bonds. The first-order valence-electron chi connectivity index (χ1n) is 6.27. The number of nitrogens with one attached hydrogen (secondary N) is 1. The van der Waals surface area contributed by atoms with Crippen molar-refractivity contribution in [2.45, 2.75) is 45.6 Å². The molecule has 0 aliphatic heterocycles. The molecule has 0 bridgehead atoms. The zero-order chi connectivity index (χ0) is 12.9. The van der Waals surface area contributed by atoms with E-state index in [1.807, 2.05) is 13.8 Å². The van der Waals surface area contributed by atoms with Crippen LogP contribution < -0.4 is 5.32 Å². The Hall–Kier alpha value is -1.08. The largest absolute Gasteiger partial charge is 0.383 e. The molecule has 1 N–H and O–H groups in total. The molecule has 1 fully saturated rings. The first-order chi connectivity index (χ1) is 8.05. The number of hydrogen-bond donors (Lipinski definition) is 1. The molecular formula is C13H22N2O2. The van der Waals surface area contributed by atoms with Gasteiger partial charge in [0.2, 0.25) is 5.91 Å². The van der Waals surface area contributed by atoms with Crippen molar-refractivity contribution in [3.8, 4) is 6.07 Å². The van der Waals surface area contributed by atoms with E-state index >= 15 is 0 Å². The summed E-state index contributed by atoms with van der Waals surface area (Å²) in [6, 6.07) is 2.20. The highest BCUT2D eigenvalue weighted by Gasteiger charge is 2.42. The quantitative estimate of drug-likeness (QED) is 0.795. The second kappa shape index (κ2) is 6.02. The Morgan fingerprint density at radius 1 is 1.47 bits per heavy atom. The molecule has 96 valence electrons. The Kier molecular flexibility index (Phi) is 4.95. The Balaban J connectivity index is 2.66. The molecule has 1 aliphatic rings. The molecule has 0 aromatic rings. The van der Waals surface area contributed by atoms with Crippen LogP contribution in [-0.4, -0.2) is 25.7 Å². The van der Waals surface area contributed by atoms with Crippen molar-refractivity contribution in [1.82, 2.24) is 5.32 Å². The van der Waals surface area contributed by atoms with Gasteiger partial charge in [-0.2, -0.15) is 5.26 Å². The van der Waals surface area contributed by atoms with Gasteiger partial charge < -0.3 is 10.1 Å². The summed E-state index contributed by atoms with van der Waals surface area (Å²) in [5, 5.41) is 12.2. The number of methoxy groups -OCH3 is 1. The van der Waals surface area contributed by atoms with Crippen LogP contribution in [0.1, 0.15) is 39.5 Å². The van der Waals surface area contributed by atoms with E-state index < -0.39 is 5.41 Å². The second-order valence-corrected chi connectivity index (χ2v) is 5.18. The number of carbonyl (C=O) groups excluding carboxylic acids is 1. The monoisotopic (exact) mass is 238 g/mol. The molecule has 1 aliphatic carbocycles. The summed E-state index contributed by atoms with van der Waals surface area (Å²) in [6.07, 6.45) is 3.31. The highest BCUT2D eigenvalue weighted by atomic mass is 16.5. The van der Waals surface area contributed by atoms with E-state index in [2.05, 4.69) is 11.4 Å². The lowest BCUT2D eigenvalue weighted by Crippen LogP contribution is -2.47. The van der Waals surface area contributed by atoms with Gasteiger partial charge in [-0.3, -0.25) is 4.79 Å². The molecule has 4 nitrogen and oxygen atoms in total. The molecule has 1 unspecified atom stereocenters. The van der Waals surface area contributed by atoms with Gasteiger partial charge in [-0.15, -0.1) is 0 Å². The fraction of sp³-hybridized carbons (Fsp3) is 0.846. The molecule has 1 saturated carbocycles. The first kappa shape index (κ1) is 14.0. The summed E-state index contributed by atoms with van der Waals surface area (Å²) < 4.78 is 5.10. The van der Waals surface area contributed by atoms with Gasteiger partial charge in [-0.25, -0.2) is 0 Å². The van der Waals surface area contributed by atoms with Crippen LogP contribution in [0.5, 0.6) is 0 Å². The summed E-state index contributed by atoms with van der Waals surface area (Å²) in [7, 11) is 1.62. The molecule has 0 aromatic carbocycles. The van der Waals surface area contributed by atoms with Gasteiger partial charge >= 0.3 is 0 Å². The predicted molar refractivity (Wildman–Crippen MR) is 65.2 cm³/mol. The average molecular weight is 238 g/mol. The Bertz CT molecular complexity index is 301. The van der Waals surface area contributed by atoms with Gasteiger partial charge in [0.15, 0.2) is 0 Å². The van der Waals surface area contributed by atoms with Crippen molar-refractivity contribution >= 4 is 5.91 Å². The fourth-order valence-electron chi connectivity index (χ4n) is 2.26. The van der Waals surface area contributed by atoms with E-state index in [0.717, 1.165) is 12.8 Å². The third kappa shape index (κ3) is 3.19. The summed E-state index contributed by atoms with van der Waals surface area (Å²) in [4.78, 5) is 12.2. The molecule has 17 heavy (non-hydrogen) atoms. The van der Waals surface area contributed by atoms with Crippen LogP contribution in [0.4, 0.5) is 0 Å². The van der Waals surface area contributed by atoms with E-state index in [1.54, 1.807) is 7.11 Å². The average Bonchev–Trinajstić information content (AvgIpc) is 2.78. The zero-order valence-electron chi connectivity index (χ0n) is 11.0. The van der Waals surface area contributed by atoms with Crippen LogP contribution in [0.15, 0.2) is 0 Å². The lowest BCUT2D eigenvalue weighted by Gasteiger charge is -2.26. The third-order valence-electron chi connectivity index (χ3n) is 3.57. The third-order valence-corrected chi connectivity index (χ3v) is 3.57. The predicted octanol–water partition coefficient (Wildman–Crippen LogP) is 1.86. The number of carbonyl (C=O) groups is 1. The highest BCUT2D eigenvalue weighted by molar-refractivity contribution is 5.86. The Labute approximate surface area is 103 Å². The summed E-state index contributed by atoms with van der Waals surface area (Å²) >= 11 is 0. The van der Waals surface area contributed by atoms with Crippen molar-refractivity contribution < 1.29 is 9.53 Å².